The first-order chi connectivity index (χ1) is 11.1. The van der Waals surface area contributed by atoms with E-state index in [0.29, 0.717) is 6.10 Å². The smallest absolute Gasteiger partial charge is 0.192 e. The van der Waals surface area contributed by atoms with Crippen molar-refractivity contribution in [2.24, 2.45) is 5.92 Å². The minimum absolute atomic E-state index is 0.364. The molecule has 23 heavy (non-hydrogen) atoms. The van der Waals surface area contributed by atoms with E-state index in [4.69, 9.17) is 4.43 Å². The predicted octanol–water partition coefficient (Wildman–Crippen LogP) is 7.48. The van der Waals surface area contributed by atoms with Gasteiger partial charge in [-0.15, -0.1) is 0 Å². The van der Waals surface area contributed by atoms with Crippen molar-refractivity contribution in [3.63, 3.8) is 0 Å². The first-order valence-corrected chi connectivity index (χ1v) is 13.0. The minimum atomic E-state index is -1.54. The maximum atomic E-state index is 6.98. The van der Waals surface area contributed by atoms with Crippen molar-refractivity contribution < 1.29 is 4.43 Å². The van der Waals surface area contributed by atoms with Crippen LogP contribution in [-0.2, 0) is 4.43 Å². The highest BCUT2D eigenvalue weighted by molar-refractivity contribution is 6.73. The molecule has 0 bridgehead atoms. The van der Waals surface area contributed by atoms with E-state index < -0.39 is 8.32 Å². The van der Waals surface area contributed by atoms with Crippen molar-refractivity contribution in [3.05, 3.63) is 12.2 Å². The van der Waals surface area contributed by atoms with Crippen LogP contribution in [0.5, 0.6) is 0 Å². The zero-order chi connectivity index (χ0) is 17.1. The summed E-state index contributed by atoms with van der Waals surface area (Å²) in [4.78, 5) is 0. The Labute approximate surface area is 147 Å². The summed E-state index contributed by atoms with van der Waals surface area (Å²) in [5, 5.41) is 0. The maximum Gasteiger partial charge on any atom is 0.192 e. The molecule has 2 heteroatoms. The molecule has 0 unspecified atom stereocenters. The van der Waals surface area contributed by atoms with Crippen LogP contribution in [-0.4, -0.2) is 14.4 Å². The third-order valence-corrected chi connectivity index (χ3v) is 10.8. The lowest BCUT2D eigenvalue weighted by Crippen LogP contribution is -2.43. The first kappa shape index (κ1) is 21.0. The topological polar surface area (TPSA) is 9.23 Å². The predicted molar refractivity (Wildman–Crippen MR) is 107 cm³/mol. The molecule has 1 saturated carbocycles. The van der Waals surface area contributed by atoms with E-state index in [0.717, 1.165) is 5.92 Å². The highest BCUT2D eigenvalue weighted by Crippen LogP contribution is 2.36. The second-order valence-electron chi connectivity index (χ2n) is 7.65. The van der Waals surface area contributed by atoms with E-state index in [-0.39, 0.29) is 0 Å². The quantitative estimate of drug-likeness (QED) is 0.203. The van der Waals surface area contributed by atoms with Crippen LogP contribution in [0, 0.1) is 5.92 Å². The standard InChI is InChI=1S/C21H42OSi/c1-6-10-11-13-16-19(5)21(20-17-14-12-15-18-20)22-23(7-2,8-3)9-4/h20-21H,5-18H2,1-4H3/t21-/m1/s1. The molecular weight excluding hydrogens is 296 g/mol. The molecule has 1 rings (SSSR count). The summed E-state index contributed by atoms with van der Waals surface area (Å²) in [6.45, 7) is 13.8. The summed E-state index contributed by atoms with van der Waals surface area (Å²) >= 11 is 0. The normalized spacial score (nSPS) is 18.1. The van der Waals surface area contributed by atoms with Gasteiger partial charge in [-0.25, -0.2) is 0 Å². The number of hydrogen-bond donors (Lipinski definition) is 0. The van der Waals surface area contributed by atoms with Crippen molar-refractivity contribution in [3.8, 4) is 0 Å². The van der Waals surface area contributed by atoms with Gasteiger partial charge in [-0.05, 0) is 55.3 Å². The molecule has 1 nitrogen and oxygen atoms in total. The molecule has 0 aliphatic heterocycles. The Bertz CT molecular complexity index is 308. The molecule has 0 saturated heterocycles. The molecule has 0 amide bonds. The lowest BCUT2D eigenvalue weighted by atomic mass is 9.82. The van der Waals surface area contributed by atoms with Crippen LogP contribution >= 0.6 is 0 Å². The zero-order valence-corrected chi connectivity index (χ0v) is 17.5. The van der Waals surface area contributed by atoms with E-state index in [1.807, 2.05) is 0 Å². The fraction of sp³-hybridized carbons (Fsp3) is 0.905. The molecule has 1 atom stereocenters. The molecule has 0 spiro atoms. The lowest BCUT2D eigenvalue weighted by Gasteiger charge is -2.39. The van der Waals surface area contributed by atoms with Crippen LogP contribution in [0.25, 0.3) is 0 Å². The Morgan fingerprint density at radius 2 is 1.57 bits per heavy atom. The maximum absolute atomic E-state index is 6.98. The molecule has 0 heterocycles. The van der Waals surface area contributed by atoms with Gasteiger partial charge in [0.25, 0.3) is 0 Å². The van der Waals surface area contributed by atoms with Crippen molar-refractivity contribution in [2.45, 2.75) is 116 Å². The van der Waals surface area contributed by atoms with E-state index >= 15 is 0 Å². The highest BCUT2D eigenvalue weighted by atomic mass is 28.4. The minimum Gasteiger partial charge on any atom is -0.410 e. The molecule has 0 aromatic heterocycles. The molecular formula is C21H42OSi. The summed E-state index contributed by atoms with van der Waals surface area (Å²) in [7, 11) is -1.54. The van der Waals surface area contributed by atoms with E-state index in [9.17, 15) is 0 Å². The average molecular weight is 339 g/mol. The SMILES string of the molecule is C=C(CCCCCC)[C@@H](O[Si](CC)(CC)CC)C1CCCCC1. The second-order valence-corrected chi connectivity index (χ2v) is 12.4. The Hall–Kier alpha value is -0.0831. The van der Waals surface area contributed by atoms with Crippen LogP contribution in [0.1, 0.15) is 91.9 Å². The van der Waals surface area contributed by atoms with Gasteiger partial charge in [0.05, 0.1) is 6.10 Å². The van der Waals surface area contributed by atoms with Crippen molar-refractivity contribution in [2.75, 3.05) is 0 Å². The van der Waals surface area contributed by atoms with Gasteiger partial charge in [0.2, 0.25) is 0 Å². The van der Waals surface area contributed by atoms with Gasteiger partial charge < -0.3 is 4.43 Å². The second kappa shape index (κ2) is 11.5. The van der Waals surface area contributed by atoms with Gasteiger partial charge in [0.1, 0.15) is 0 Å². The van der Waals surface area contributed by atoms with Crippen LogP contribution in [0.15, 0.2) is 12.2 Å². The lowest BCUT2D eigenvalue weighted by molar-refractivity contribution is 0.123. The Balaban J connectivity index is 2.73. The summed E-state index contributed by atoms with van der Waals surface area (Å²) in [5.74, 6) is 0.749. The van der Waals surface area contributed by atoms with E-state index in [1.54, 1.807) is 0 Å². The first-order valence-electron chi connectivity index (χ1n) is 10.5. The largest absolute Gasteiger partial charge is 0.410 e. The molecule has 0 aromatic rings. The third kappa shape index (κ3) is 6.74. The molecule has 136 valence electrons. The van der Waals surface area contributed by atoms with Gasteiger partial charge in [-0.2, -0.15) is 0 Å². The molecule has 0 radical (unpaired) electrons. The molecule has 0 N–H and O–H groups in total. The molecule has 0 aromatic carbocycles. The number of unbranched alkanes of at least 4 members (excludes halogenated alkanes) is 3. The van der Waals surface area contributed by atoms with Crippen molar-refractivity contribution in [1.29, 1.82) is 0 Å². The zero-order valence-electron chi connectivity index (χ0n) is 16.5. The van der Waals surface area contributed by atoms with Crippen LogP contribution in [0.3, 0.4) is 0 Å². The average Bonchev–Trinajstić information content (AvgIpc) is 2.61. The van der Waals surface area contributed by atoms with Crippen molar-refractivity contribution >= 4 is 8.32 Å². The van der Waals surface area contributed by atoms with Gasteiger partial charge in [0.15, 0.2) is 8.32 Å². The fourth-order valence-electron chi connectivity index (χ4n) is 4.14. The molecule has 1 aliphatic rings. The van der Waals surface area contributed by atoms with Crippen LogP contribution in [0.2, 0.25) is 18.1 Å². The van der Waals surface area contributed by atoms with E-state index in [1.165, 1.54) is 87.9 Å². The third-order valence-electron chi connectivity index (χ3n) is 6.14. The molecule has 1 fully saturated rings. The van der Waals surface area contributed by atoms with E-state index in [2.05, 4.69) is 34.3 Å². The van der Waals surface area contributed by atoms with Gasteiger partial charge >= 0.3 is 0 Å². The van der Waals surface area contributed by atoms with Crippen LogP contribution in [0.4, 0.5) is 0 Å². The summed E-state index contributed by atoms with van der Waals surface area (Å²) < 4.78 is 6.98. The van der Waals surface area contributed by atoms with Gasteiger partial charge in [0, 0.05) is 0 Å². The highest BCUT2D eigenvalue weighted by Gasteiger charge is 2.36. The number of hydrogen-bond acceptors (Lipinski definition) is 1. The Morgan fingerprint density at radius 3 is 2.09 bits per heavy atom. The summed E-state index contributed by atoms with van der Waals surface area (Å²) in [6.07, 6.45) is 13.8. The number of rotatable bonds is 12. The van der Waals surface area contributed by atoms with Crippen molar-refractivity contribution in [1.82, 2.24) is 0 Å². The Kier molecular flexibility index (Phi) is 10.5. The van der Waals surface area contributed by atoms with Gasteiger partial charge in [-0.3, -0.25) is 0 Å². The Morgan fingerprint density at radius 1 is 0.957 bits per heavy atom. The van der Waals surface area contributed by atoms with Gasteiger partial charge in [-0.1, -0.05) is 72.8 Å². The fourth-order valence-corrected chi connectivity index (χ4v) is 7.04. The summed E-state index contributed by atoms with van der Waals surface area (Å²) in [5.41, 5.74) is 1.42. The molecule has 1 aliphatic carbocycles. The monoisotopic (exact) mass is 338 g/mol. The summed E-state index contributed by atoms with van der Waals surface area (Å²) in [6, 6.07) is 3.77. The van der Waals surface area contributed by atoms with Crippen LogP contribution < -0.4 is 0 Å².